The Morgan fingerprint density at radius 3 is 2.26 bits per heavy atom. The van der Waals surface area contributed by atoms with Gasteiger partial charge < -0.3 is 15.5 Å². The Labute approximate surface area is 190 Å². The Morgan fingerprint density at radius 2 is 1.71 bits per heavy atom. The molecule has 4 aliphatic rings. The van der Waals surface area contributed by atoms with E-state index < -0.39 is 0 Å². The van der Waals surface area contributed by atoms with Crippen LogP contribution < -0.4 is 10.6 Å². The first kappa shape index (κ1) is 22.6. The lowest BCUT2D eigenvalue weighted by molar-refractivity contribution is -0.0160. The highest BCUT2D eigenvalue weighted by Crippen LogP contribution is 2.55. The second kappa shape index (κ2) is 9.08. The average Bonchev–Trinajstić information content (AvgIpc) is 3.12. The monoisotopic (exact) mass is 446 g/mol. The van der Waals surface area contributed by atoms with Crippen molar-refractivity contribution in [3.05, 3.63) is 16.1 Å². The maximum absolute atomic E-state index is 13.4. The summed E-state index contributed by atoms with van der Waals surface area (Å²) in [5, 5.41) is 9.03. The van der Waals surface area contributed by atoms with Gasteiger partial charge in [0.25, 0.3) is 5.91 Å². The van der Waals surface area contributed by atoms with Gasteiger partial charge in [-0.15, -0.1) is 11.3 Å². The fourth-order valence-electron chi connectivity index (χ4n) is 6.27. The lowest BCUT2D eigenvalue weighted by Crippen LogP contribution is -2.62. The molecule has 5 rings (SSSR count). The van der Waals surface area contributed by atoms with Crippen LogP contribution >= 0.6 is 11.3 Å². The summed E-state index contributed by atoms with van der Waals surface area (Å²) in [6.07, 6.45) is 7.55. The van der Waals surface area contributed by atoms with Crippen molar-refractivity contribution in [2.24, 2.45) is 29.6 Å². The fourth-order valence-corrected chi connectivity index (χ4v) is 7.06. The summed E-state index contributed by atoms with van der Waals surface area (Å²) in [4.78, 5) is 32.1. The van der Waals surface area contributed by atoms with Gasteiger partial charge in [0.05, 0.1) is 6.54 Å². The number of carbonyl (C=O) groups excluding carboxylic acids is 2. The van der Waals surface area contributed by atoms with Crippen LogP contribution in [0.1, 0.15) is 81.7 Å². The third-order valence-corrected chi connectivity index (χ3v) is 7.90. The molecule has 1 heterocycles. The van der Waals surface area contributed by atoms with Crippen molar-refractivity contribution in [1.82, 2.24) is 20.5 Å². The smallest absolute Gasteiger partial charge is 0.318 e. The van der Waals surface area contributed by atoms with Crippen molar-refractivity contribution in [1.29, 1.82) is 0 Å². The van der Waals surface area contributed by atoms with Crippen LogP contribution in [0.25, 0.3) is 0 Å². The molecule has 0 aliphatic heterocycles. The Hall–Kier alpha value is -1.63. The molecule has 0 spiro atoms. The first-order valence-electron chi connectivity index (χ1n) is 12.0. The van der Waals surface area contributed by atoms with E-state index in [1.807, 2.05) is 4.90 Å². The maximum atomic E-state index is 13.4. The zero-order valence-electron chi connectivity index (χ0n) is 19.4. The molecule has 172 valence electrons. The molecule has 0 atom stereocenters. The van der Waals surface area contributed by atoms with E-state index in [1.165, 1.54) is 30.6 Å². The van der Waals surface area contributed by atoms with E-state index in [-0.39, 0.29) is 17.5 Å². The number of rotatable bonds is 8. The molecule has 6 nitrogen and oxygen atoms in total. The molecule has 4 aliphatic carbocycles. The van der Waals surface area contributed by atoms with Gasteiger partial charge in [0.2, 0.25) is 0 Å². The largest absolute Gasteiger partial charge is 0.350 e. The molecule has 31 heavy (non-hydrogen) atoms. The van der Waals surface area contributed by atoms with Gasteiger partial charge in [-0.2, -0.15) is 0 Å². The lowest BCUT2D eigenvalue weighted by Gasteiger charge is -2.57. The summed E-state index contributed by atoms with van der Waals surface area (Å²) in [6.45, 7) is 10.2. The Kier molecular flexibility index (Phi) is 6.61. The summed E-state index contributed by atoms with van der Waals surface area (Å²) in [7, 11) is 0. The summed E-state index contributed by atoms with van der Waals surface area (Å²) >= 11 is 1.46. The van der Waals surface area contributed by atoms with Crippen molar-refractivity contribution in [3.63, 3.8) is 0 Å². The van der Waals surface area contributed by atoms with Gasteiger partial charge in [-0.3, -0.25) is 4.79 Å². The highest BCUT2D eigenvalue weighted by Gasteiger charge is 2.51. The van der Waals surface area contributed by atoms with Gasteiger partial charge in [0.15, 0.2) is 0 Å². The molecular weight excluding hydrogens is 408 g/mol. The number of urea groups is 1. The molecule has 4 fully saturated rings. The highest BCUT2D eigenvalue weighted by molar-refractivity contribution is 7.09. The minimum absolute atomic E-state index is 0.00579. The van der Waals surface area contributed by atoms with Crippen molar-refractivity contribution in [2.75, 3.05) is 13.1 Å². The zero-order valence-corrected chi connectivity index (χ0v) is 20.3. The van der Waals surface area contributed by atoms with Gasteiger partial charge in [0, 0.05) is 24.0 Å². The van der Waals surface area contributed by atoms with E-state index in [0.717, 1.165) is 42.0 Å². The number of nitrogens with zero attached hydrogens (tertiary/aromatic N) is 2. The van der Waals surface area contributed by atoms with Crippen LogP contribution in [0.4, 0.5) is 4.79 Å². The SMILES string of the molecule is CC(C)CNC(=O)c1csc(CN(CC(C)C)C(=O)NC23CC4CC(CC(C4)C2)C3)n1. The number of aromatic nitrogens is 1. The number of carbonyl (C=O) groups is 2. The predicted molar refractivity (Wildman–Crippen MR) is 124 cm³/mol. The first-order chi connectivity index (χ1) is 14.7. The molecule has 0 saturated heterocycles. The lowest BCUT2D eigenvalue weighted by atomic mass is 9.53. The maximum Gasteiger partial charge on any atom is 0.318 e. The van der Waals surface area contributed by atoms with Crippen molar-refractivity contribution < 1.29 is 9.59 Å². The minimum Gasteiger partial charge on any atom is -0.350 e. The molecule has 0 unspecified atom stereocenters. The van der Waals surface area contributed by atoms with Crippen molar-refractivity contribution >= 4 is 23.3 Å². The van der Waals surface area contributed by atoms with Crippen LogP contribution in [0, 0.1) is 29.6 Å². The summed E-state index contributed by atoms with van der Waals surface area (Å²) in [5.41, 5.74) is 0.456. The van der Waals surface area contributed by atoms with E-state index in [4.69, 9.17) is 0 Å². The number of hydrogen-bond acceptors (Lipinski definition) is 4. The summed E-state index contributed by atoms with van der Waals surface area (Å²) in [5.74, 6) is 3.04. The van der Waals surface area contributed by atoms with E-state index in [0.29, 0.717) is 37.2 Å². The second-order valence-electron chi connectivity index (χ2n) is 11.1. The number of nitrogens with one attached hydrogen (secondary N) is 2. The third-order valence-electron chi connectivity index (χ3n) is 7.06. The number of amides is 3. The topological polar surface area (TPSA) is 74.3 Å². The van der Waals surface area contributed by atoms with E-state index in [2.05, 4.69) is 43.3 Å². The molecule has 3 amide bonds. The Morgan fingerprint density at radius 1 is 1.10 bits per heavy atom. The van der Waals surface area contributed by atoms with E-state index in [1.54, 1.807) is 5.38 Å². The number of thiazole rings is 1. The molecule has 4 saturated carbocycles. The predicted octanol–water partition coefficient (Wildman–Crippen LogP) is 4.67. The molecule has 4 bridgehead atoms. The summed E-state index contributed by atoms with van der Waals surface area (Å²) < 4.78 is 0. The molecule has 0 aromatic carbocycles. The van der Waals surface area contributed by atoms with Crippen LogP contribution in [0.2, 0.25) is 0 Å². The second-order valence-corrected chi connectivity index (χ2v) is 12.1. The van der Waals surface area contributed by atoms with Crippen LogP contribution in [0.5, 0.6) is 0 Å². The molecule has 0 radical (unpaired) electrons. The standard InChI is InChI=1S/C24H38N4O2S/c1-15(2)11-25-22(29)20-14-31-21(26-20)13-28(12-16(3)4)23(30)27-24-8-17-5-18(9-24)7-19(6-17)10-24/h14-19H,5-13H2,1-4H3,(H,25,29)(H,27,30). The molecule has 1 aromatic rings. The van der Waals surface area contributed by atoms with Gasteiger partial charge in [-0.1, -0.05) is 27.7 Å². The fraction of sp³-hybridized carbons (Fsp3) is 0.792. The van der Waals surface area contributed by atoms with E-state index in [9.17, 15) is 9.59 Å². The van der Waals surface area contributed by atoms with Crippen LogP contribution in [-0.4, -0.2) is 40.5 Å². The van der Waals surface area contributed by atoms with Gasteiger partial charge >= 0.3 is 6.03 Å². The van der Waals surface area contributed by atoms with Crippen molar-refractivity contribution in [2.45, 2.75) is 78.3 Å². The van der Waals surface area contributed by atoms with Gasteiger partial charge in [-0.05, 0) is 68.1 Å². The Bertz CT molecular complexity index is 768. The average molecular weight is 447 g/mol. The van der Waals surface area contributed by atoms with Crippen LogP contribution in [0.15, 0.2) is 5.38 Å². The quantitative estimate of drug-likeness (QED) is 0.610. The summed E-state index contributed by atoms with van der Waals surface area (Å²) in [6, 6.07) is 0.0386. The normalized spacial score (nSPS) is 28.9. The molecule has 7 heteroatoms. The minimum atomic E-state index is -0.135. The molecular formula is C24H38N4O2S. The third kappa shape index (κ3) is 5.41. The van der Waals surface area contributed by atoms with Crippen LogP contribution in [0.3, 0.4) is 0 Å². The van der Waals surface area contributed by atoms with Crippen molar-refractivity contribution in [3.8, 4) is 0 Å². The zero-order chi connectivity index (χ0) is 22.2. The van der Waals surface area contributed by atoms with Gasteiger partial charge in [0.1, 0.15) is 10.7 Å². The highest BCUT2D eigenvalue weighted by atomic mass is 32.1. The van der Waals surface area contributed by atoms with Gasteiger partial charge in [-0.25, -0.2) is 9.78 Å². The van der Waals surface area contributed by atoms with E-state index >= 15 is 0 Å². The number of hydrogen-bond donors (Lipinski definition) is 2. The van der Waals surface area contributed by atoms with Crippen LogP contribution in [-0.2, 0) is 6.54 Å². The first-order valence-corrected chi connectivity index (χ1v) is 12.9. The Balaban J connectivity index is 1.41. The molecule has 2 N–H and O–H groups in total. The molecule has 1 aromatic heterocycles.